The maximum Gasteiger partial charge on any atom is 0.417 e. The molecule has 0 aliphatic carbocycles. The molecule has 1 fully saturated rings. The first-order valence-electron chi connectivity index (χ1n) is 5.74. The number of nitrogens with zero attached hydrogens (tertiary/aromatic N) is 1. The van der Waals surface area contributed by atoms with Crippen LogP contribution in [0.15, 0.2) is 40.1 Å². The fourth-order valence-corrected chi connectivity index (χ4v) is 2.30. The highest BCUT2D eigenvalue weighted by molar-refractivity contribution is 6.02. The second-order valence-electron chi connectivity index (χ2n) is 4.37. The van der Waals surface area contributed by atoms with Crippen molar-refractivity contribution < 1.29 is 9.21 Å². The number of fused-ring (bicyclic) bond motifs is 1. The van der Waals surface area contributed by atoms with Crippen LogP contribution in [-0.2, 0) is 4.79 Å². The predicted octanol–water partition coefficient (Wildman–Crippen LogP) is 1.66. The number of rotatable bonds is 2. The molecule has 2 aromatic rings. The lowest BCUT2D eigenvalue weighted by molar-refractivity contribution is -0.117. The summed E-state index contributed by atoms with van der Waals surface area (Å²) in [5.41, 5.74) is 1.67. The van der Waals surface area contributed by atoms with Crippen molar-refractivity contribution in [2.24, 2.45) is 5.92 Å². The van der Waals surface area contributed by atoms with Crippen molar-refractivity contribution in [2.75, 3.05) is 11.4 Å². The second kappa shape index (κ2) is 3.87. The zero-order chi connectivity index (χ0) is 12.7. The van der Waals surface area contributed by atoms with Crippen LogP contribution in [0.25, 0.3) is 11.1 Å². The Hall–Kier alpha value is -2.30. The lowest BCUT2D eigenvalue weighted by Gasteiger charge is -2.15. The van der Waals surface area contributed by atoms with Gasteiger partial charge in [-0.2, -0.15) is 0 Å². The van der Waals surface area contributed by atoms with Crippen LogP contribution >= 0.6 is 0 Å². The standard InChI is InChI=1S/C13H12N2O3/c1-2-8-6-11(16)15(7-8)10-5-3-4-9-12(10)18-13(17)14-9/h2-5,8H,1,6-7H2,(H,14,17). The maximum atomic E-state index is 11.9. The third kappa shape index (κ3) is 1.55. The summed E-state index contributed by atoms with van der Waals surface area (Å²) >= 11 is 0. The average Bonchev–Trinajstić information content (AvgIpc) is 2.90. The summed E-state index contributed by atoms with van der Waals surface area (Å²) < 4.78 is 5.10. The summed E-state index contributed by atoms with van der Waals surface area (Å²) in [6, 6.07) is 5.31. The number of aromatic nitrogens is 1. The number of carbonyl (C=O) groups is 1. The number of oxazole rings is 1. The van der Waals surface area contributed by atoms with E-state index < -0.39 is 5.76 Å². The zero-order valence-corrected chi connectivity index (χ0v) is 9.68. The summed E-state index contributed by atoms with van der Waals surface area (Å²) in [6.07, 6.45) is 2.24. The summed E-state index contributed by atoms with van der Waals surface area (Å²) in [5, 5.41) is 0. The largest absolute Gasteiger partial charge is 0.417 e. The molecule has 2 heterocycles. The van der Waals surface area contributed by atoms with Crippen LogP contribution in [0.3, 0.4) is 0 Å². The monoisotopic (exact) mass is 244 g/mol. The fourth-order valence-electron chi connectivity index (χ4n) is 2.30. The maximum absolute atomic E-state index is 11.9. The minimum absolute atomic E-state index is 0.0243. The van der Waals surface area contributed by atoms with E-state index in [4.69, 9.17) is 4.42 Å². The van der Waals surface area contributed by atoms with E-state index in [0.717, 1.165) is 0 Å². The molecule has 0 bridgehead atoms. The molecule has 1 amide bonds. The number of hydrogen-bond donors (Lipinski definition) is 1. The Bertz CT molecular complexity index is 683. The van der Waals surface area contributed by atoms with E-state index in [1.54, 1.807) is 29.2 Å². The molecule has 5 nitrogen and oxygen atoms in total. The lowest BCUT2D eigenvalue weighted by Crippen LogP contribution is -2.24. The van der Waals surface area contributed by atoms with E-state index >= 15 is 0 Å². The lowest BCUT2D eigenvalue weighted by atomic mass is 10.1. The number of aromatic amines is 1. The fraction of sp³-hybridized carbons (Fsp3) is 0.231. The summed E-state index contributed by atoms with van der Waals surface area (Å²) in [4.78, 5) is 27.4. The van der Waals surface area contributed by atoms with Gasteiger partial charge in [0.15, 0.2) is 5.58 Å². The Kier molecular flexibility index (Phi) is 2.33. The van der Waals surface area contributed by atoms with Crippen LogP contribution in [0.2, 0.25) is 0 Å². The van der Waals surface area contributed by atoms with E-state index in [-0.39, 0.29) is 11.8 Å². The van der Waals surface area contributed by atoms with Crippen molar-refractivity contribution in [1.82, 2.24) is 4.98 Å². The molecule has 92 valence electrons. The summed E-state index contributed by atoms with van der Waals surface area (Å²) in [7, 11) is 0. The van der Waals surface area contributed by atoms with Gasteiger partial charge in [0.1, 0.15) is 0 Å². The number of hydrogen-bond acceptors (Lipinski definition) is 3. The number of carbonyl (C=O) groups excluding carboxylic acids is 1. The molecular weight excluding hydrogens is 232 g/mol. The van der Waals surface area contributed by atoms with E-state index in [9.17, 15) is 9.59 Å². The molecule has 1 aromatic carbocycles. The molecule has 1 N–H and O–H groups in total. The molecule has 1 atom stereocenters. The zero-order valence-electron chi connectivity index (χ0n) is 9.68. The Morgan fingerprint density at radius 1 is 1.44 bits per heavy atom. The Balaban J connectivity index is 2.12. The Morgan fingerprint density at radius 2 is 2.28 bits per heavy atom. The minimum Gasteiger partial charge on any atom is -0.406 e. The first-order valence-corrected chi connectivity index (χ1v) is 5.74. The molecule has 3 rings (SSSR count). The molecular formula is C13H12N2O3. The van der Waals surface area contributed by atoms with Crippen LogP contribution in [0, 0.1) is 5.92 Å². The van der Waals surface area contributed by atoms with E-state index in [1.807, 2.05) is 0 Å². The van der Waals surface area contributed by atoms with E-state index in [2.05, 4.69) is 11.6 Å². The third-order valence-electron chi connectivity index (χ3n) is 3.20. The smallest absolute Gasteiger partial charge is 0.406 e. The number of amides is 1. The third-order valence-corrected chi connectivity index (χ3v) is 3.20. The minimum atomic E-state index is -0.510. The van der Waals surface area contributed by atoms with Gasteiger partial charge in [0.05, 0.1) is 11.2 Å². The van der Waals surface area contributed by atoms with Crippen LogP contribution in [0.4, 0.5) is 5.69 Å². The van der Waals surface area contributed by atoms with Gasteiger partial charge in [0, 0.05) is 18.9 Å². The SMILES string of the molecule is C=CC1CC(=O)N(c2cccc3[nH]c(=O)oc23)C1. The van der Waals surface area contributed by atoms with Gasteiger partial charge in [-0.3, -0.25) is 9.78 Å². The molecule has 0 saturated carbocycles. The number of H-pyrrole nitrogens is 1. The van der Waals surface area contributed by atoms with E-state index in [0.29, 0.717) is 29.8 Å². The molecule has 1 unspecified atom stereocenters. The van der Waals surface area contributed by atoms with Gasteiger partial charge in [-0.05, 0) is 12.1 Å². The Labute approximate surface area is 103 Å². The molecule has 1 aromatic heterocycles. The molecule has 18 heavy (non-hydrogen) atoms. The van der Waals surface area contributed by atoms with Crippen molar-refractivity contribution >= 4 is 22.7 Å². The quantitative estimate of drug-likeness (QED) is 0.817. The van der Waals surface area contributed by atoms with E-state index in [1.165, 1.54) is 0 Å². The van der Waals surface area contributed by atoms with Gasteiger partial charge in [-0.1, -0.05) is 12.1 Å². The van der Waals surface area contributed by atoms with Crippen molar-refractivity contribution in [2.45, 2.75) is 6.42 Å². The number of para-hydroxylation sites is 1. The van der Waals surface area contributed by atoms with Crippen molar-refractivity contribution in [1.29, 1.82) is 0 Å². The van der Waals surface area contributed by atoms with Gasteiger partial charge in [0.25, 0.3) is 0 Å². The van der Waals surface area contributed by atoms with Crippen molar-refractivity contribution in [3.63, 3.8) is 0 Å². The topological polar surface area (TPSA) is 66.3 Å². The first-order chi connectivity index (χ1) is 8.69. The number of anilines is 1. The van der Waals surface area contributed by atoms with Crippen molar-refractivity contribution in [3.8, 4) is 0 Å². The molecule has 0 radical (unpaired) electrons. The highest BCUT2D eigenvalue weighted by atomic mass is 16.4. The first kappa shape index (κ1) is 10.8. The number of nitrogens with one attached hydrogen (secondary N) is 1. The number of benzene rings is 1. The Morgan fingerprint density at radius 3 is 3.00 bits per heavy atom. The van der Waals surface area contributed by atoms with Crippen LogP contribution in [-0.4, -0.2) is 17.4 Å². The molecule has 0 spiro atoms. The van der Waals surface area contributed by atoms with Crippen LogP contribution in [0.5, 0.6) is 0 Å². The van der Waals surface area contributed by atoms with Gasteiger partial charge in [-0.15, -0.1) is 6.58 Å². The molecule has 5 heteroatoms. The van der Waals surface area contributed by atoms with Gasteiger partial charge < -0.3 is 9.32 Å². The van der Waals surface area contributed by atoms with Crippen LogP contribution < -0.4 is 10.7 Å². The highest BCUT2D eigenvalue weighted by Crippen LogP contribution is 2.30. The summed E-state index contributed by atoms with van der Waals surface area (Å²) in [5.74, 6) is -0.334. The van der Waals surface area contributed by atoms with Crippen LogP contribution in [0.1, 0.15) is 6.42 Å². The highest BCUT2D eigenvalue weighted by Gasteiger charge is 2.30. The predicted molar refractivity (Wildman–Crippen MR) is 67.5 cm³/mol. The molecule has 1 aliphatic heterocycles. The molecule has 1 saturated heterocycles. The molecule has 1 aliphatic rings. The average molecular weight is 244 g/mol. The second-order valence-corrected chi connectivity index (χ2v) is 4.37. The van der Waals surface area contributed by atoms with Gasteiger partial charge >= 0.3 is 5.76 Å². The summed E-state index contributed by atoms with van der Waals surface area (Å²) in [6.45, 7) is 4.29. The van der Waals surface area contributed by atoms with Crippen molar-refractivity contribution in [3.05, 3.63) is 41.4 Å². The van der Waals surface area contributed by atoms with Gasteiger partial charge in [0.2, 0.25) is 5.91 Å². The van der Waals surface area contributed by atoms with Gasteiger partial charge in [-0.25, -0.2) is 4.79 Å². The normalized spacial score (nSPS) is 19.7.